The molecular weight excluding hydrogens is 507 g/mol. The van der Waals surface area contributed by atoms with E-state index < -0.39 is 11.8 Å². The molecule has 0 spiro atoms. The Bertz CT molecular complexity index is 1190. The molecule has 0 saturated heterocycles. The number of nitrogens with zero attached hydrogens (tertiary/aromatic N) is 3. The van der Waals surface area contributed by atoms with Gasteiger partial charge in [-0.2, -0.15) is 0 Å². The van der Waals surface area contributed by atoms with Gasteiger partial charge in [0.05, 0.1) is 32.0 Å². The van der Waals surface area contributed by atoms with Crippen molar-refractivity contribution in [3.63, 3.8) is 0 Å². The van der Waals surface area contributed by atoms with E-state index in [2.05, 4.69) is 9.97 Å². The summed E-state index contributed by atoms with van der Waals surface area (Å²) in [6, 6.07) is 11.0. The fraction of sp³-hybridized carbons (Fsp3) is 0.0952. The predicted octanol–water partition coefficient (Wildman–Crippen LogP) is 7.76. The van der Waals surface area contributed by atoms with E-state index in [1.54, 1.807) is 12.1 Å². The van der Waals surface area contributed by atoms with Crippen LogP contribution in [0.1, 0.15) is 45.7 Å². The zero-order valence-corrected chi connectivity index (χ0v) is 19.3. The molecule has 3 aromatic rings. The molecular formula is C21H9Cl6N3. The maximum absolute atomic E-state index is 6.58. The van der Waals surface area contributed by atoms with E-state index in [1.165, 1.54) is 6.33 Å². The molecule has 3 nitrogen and oxygen atoms in total. The van der Waals surface area contributed by atoms with Gasteiger partial charge in [-0.3, -0.25) is 0 Å². The summed E-state index contributed by atoms with van der Waals surface area (Å²) < 4.78 is 0. The van der Waals surface area contributed by atoms with Crippen LogP contribution in [0.15, 0.2) is 52.8 Å². The van der Waals surface area contributed by atoms with Crippen molar-refractivity contribution in [2.24, 2.45) is 0 Å². The molecule has 2 unspecified atom stereocenters. The van der Waals surface area contributed by atoms with E-state index in [4.69, 9.17) is 74.6 Å². The Labute approximate surface area is 202 Å². The quantitative estimate of drug-likeness (QED) is 0.350. The Morgan fingerprint density at radius 1 is 0.600 bits per heavy atom. The SMILES string of the molecule is ClC1=C(Cl)C(c2ncnc(C3C(Cl)=C(Cl)c4c(Cl)cccc43)n2)c2cccc(Cl)c21. The molecule has 150 valence electrons. The summed E-state index contributed by atoms with van der Waals surface area (Å²) in [6.07, 6.45) is 1.43. The highest BCUT2D eigenvalue weighted by molar-refractivity contribution is 6.58. The number of rotatable bonds is 2. The van der Waals surface area contributed by atoms with Crippen molar-refractivity contribution in [1.29, 1.82) is 0 Å². The molecule has 0 saturated carbocycles. The zero-order chi connectivity index (χ0) is 21.2. The highest BCUT2D eigenvalue weighted by Gasteiger charge is 2.37. The van der Waals surface area contributed by atoms with E-state index in [0.717, 1.165) is 11.1 Å². The van der Waals surface area contributed by atoms with Crippen molar-refractivity contribution in [2.75, 3.05) is 0 Å². The van der Waals surface area contributed by atoms with Gasteiger partial charge >= 0.3 is 0 Å². The van der Waals surface area contributed by atoms with Crippen molar-refractivity contribution in [3.8, 4) is 0 Å². The van der Waals surface area contributed by atoms with Crippen LogP contribution in [0.2, 0.25) is 10.0 Å². The largest absolute Gasteiger partial charge is 0.220 e. The number of halogens is 6. The molecule has 0 fully saturated rings. The summed E-state index contributed by atoms with van der Waals surface area (Å²) in [7, 11) is 0. The standard InChI is InChI=1S/C21H9Cl6N3/c22-10-5-1-3-8-12(10)16(24)18(26)14(8)20-28-7-29-21(30-20)15-9-4-2-6-11(23)13(9)17(25)19(15)27/h1-7,14-15H. The van der Waals surface area contributed by atoms with Crippen LogP contribution >= 0.6 is 69.6 Å². The van der Waals surface area contributed by atoms with Gasteiger partial charge in [0.15, 0.2) is 0 Å². The van der Waals surface area contributed by atoms with Crippen LogP contribution < -0.4 is 0 Å². The second-order valence-electron chi connectivity index (χ2n) is 6.80. The molecule has 2 aliphatic carbocycles. The lowest BCUT2D eigenvalue weighted by Crippen LogP contribution is -2.11. The van der Waals surface area contributed by atoms with Gasteiger partial charge < -0.3 is 0 Å². The second kappa shape index (κ2) is 7.67. The van der Waals surface area contributed by atoms with Gasteiger partial charge in [0.25, 0.3) is 0 Å². The number of hydrogen-bond acceptors (Lipinski definition) is 3. The predicted molar refractivity (Wildman–Crippen MR) is 124 cm³/mol. The molecule has 1 aromatic heterocycles. The summed E-state index contributed by atoms with van der Waals surface area (Å²) in [5.41, 5.74) is 3.06. The Morgan fingerprint density at radius 2 is 1.03 bits per heavy atom. The molecule has 2 aromatic carbocycles. The van der Waals surface area contributed by atoms with Crippen molar-refractivity contribution in [1.82, 2.24) is 15.0 Å². The van der Waals surface area contributed by atoms with Crippen LogP contribution in [0, 0.1) is 0 Å². The first-order valence-electron chi connectivity index (χ1n) is 8.76. The Hall–Kier alpha value is -1.33. The third-order valence-electron chi connectivity index (χ3n) is 5.20. The lowest BCUT2D eigenvalue weighted by atomic mass is 9.98. The van der Waals surface area contributed by atoms with Gasteiger partial charge in [0.1, 0.15) is 18.0 Å². The first-order valence-corrected chi connectivity index (χ1v) is 11.0. The first-order chi connectivity index (χ1) is 14.4. The molecule has 0 radical (unpaired) electrons. The Morgan fingerprint density at radius 3 is 1.47 bits per heavy atom. The maximum atomic E-state index is 6.58. The van der Waals surface area contributed by atoms with Gasteiger partial charge in [0.2, 0.25) is 0 Å². The fourth-order valence-electron chi connectivity index (χ4n) is 3.90. The third-order valence-corrected chi connectivity index (χ3v) is 7.63. The molecule has 0 N–H and O–H groups in total. The molecule has 2 aliphatic rings. The van der Waals surface area contributed by atoms with Crippen LogP contribution in [0.4, 0.5) is 0 Å². The van der Waals surface area contributed by atoms with Crippen molar-refractivity contribution >= 4 is 79.7 Å². The summed E-state index contributed by atoms with van der Waals surface area (Å²) in [5, 5.41) is 2.64. The summed E-state index contributed by atoms with van der Waals surface area (Å²) in [6.45, 7) is 0. The summed E-state index contributed by atoms with van der Waals surface area (Å²) >= 11 is 38.8. The highest BCUT2D eigenvalue weighted by Crippen LogP contribution is 2.52. The molecule has 1 heterocycles. The smallest absolute Gasteiger partial charge is 0.145 e. The van der Waals surface area contributed by atoms with Gasteiger partial charge in [0, 0.05) is 21.2 Å². The van der Waals surface area contributed by atoms with E-state index in [9.17, 15) is 0 Å². The molecule has 2 atom stereocenters. The topological polar surface area (TPSA) is 38.7 Å². The maximum Gasteiger partial charge on any atom is 0.145 e. The average Bonchev–Trinajstić information content (AvgIpc) is 3.14. The molecule has 0 aliphatic heterocycles. The molecule has 9 heteroatoms. The fourth-order valence-corrected chi connectivity index (χ4v) is 5.81. The van der Waals surface area contributed by atoms with Gasteiger partial charge in [-0.1, -0.05) is 93.9 Å². The lowest BCUT2D eigenvalue weighted by molar-refractivity contribution is 0.779. The highest BCUT2D eigenvalue weighted by atomic mass is 35.5. The van der Waals surface area contributed by atoms with E-state index >= 15 is 0 Å². The molecule has 5 rings (SSSR count). The van der Waals surface area contributed by atoms with Crippen LogP contribution in [0.3, 0.4) is 0 Å². The number of benzene rings is 2. The van der Waals surface area contributed by atoms with Gasteiger partial charge in [-0.05, 0) is 23.3 Å². The van der Waals surface area contributed by atoms with Crippen molar-refractivity contribution in [2.45, 2.75) is 11.8 Å². The van der Waals surface area contributed by atoms with E-state index in [0.29, 0.717) is 53.0 Å². The van der Waals surface area contributed by atoms with Gasteiger partial charge in [-0.15, -0.1) is 0 Å². The van der Waals surface area contributed by atoms with Gasteiger partial charge in [-0.25, -0.2) is 15.0 Å². The zero-order valence-electron chi connectivity index (χ0n) is 14.8. The molecule has 30 heavy (non-hydrogen) atoms. The lowest BCUT2D eigenvalue weighted by Gasteiger charge is -2.16. The van der Waals surface area contributed by atoms with E-state index in [-0.39, 0.29) is 0 Å². The Balaban J connectivity index is 1.65. The van der Waals surface area contributed by atoms with Crippen LogP contribution in [0.5, 0.6) is 0 Å². The third kappa shape index (κ3) is 2.99. The number of hydrogen-bond donors (Lipinski definition) is 0. The normalized spacial score (nSPS) is 20.1. The van der Waals surface area contributed by atoms with Crippen LogP contribution in [-0.2, 0) is 0 Å². The number of allylic oxidation sites excluding steroid dienone is 2. The average molecular weight is 516 g/mol. The minimum absolute atomic E-state index is 0.392. The summed E-state index contributed by atoms with van der Waals surface area (Å²) in [5.74, 6) is -0.0124. The second-order valence-corrected chi connectivity index (χ2v) is 9.18. The monoisotopic (exact) mass is 513 g/mol. The minimum Gasteiger partial charge on any atom is -0.220 e. The number of fused-ring (bicyclic) bond motifs is 2. The van der Waals surface area contributed by atoms with E-state index in [1.807, 2.05) is 24.3 Å². The molecule has 0 amide bonds. The van der Waals surface area contributed by atoms with Crippen LogP contribution in [-0.4, -0.2) is 15.0 Å². The minimum atomic E-state index is -0.451. The first kappa shape index (κ1) is 20.6. The number of aromatic nitrogens is 3. The van der Waals surface area contributed by atoms with Crippen molar-refractivity contribution in [3.05, 3.63) is 96.7 Å². The summed E-state index contributed by atoms with van der Waals surface area (Å²) in [4.78, 5) is 13.4. The van der Waals surface area contributed by atoms with Crippen LogP contribution in [0.25, 0.3) is 10.1 Å². The molecule has 0 bridgehead atoms. The van der Waals surface area contributed by atoms with Crippen molar-refractivity contribution < 1.29 is 0 Å². The Kier molecular flexibility index (Phi) is 5.26.